The minimum absolute atomic E-state index is 0.0237. The molecule has 2 heterocycles. The van der Waals surface area contributed by atoms with E-state index in [2.05, 4.69) is 22.5 Å². The Balaban J connectivity index is 1.67. The summed E-state index contributed by atoms with van der Waals surface area (Å²) in [5.41, 5.74) is 0. The molecule has 1 amide bonds. The maximum atomic E-state index is 12.0. The van der Waals surface area contributed by atoms with E-state index in [1.165, 1.54) is 6.42 Å². The quantitative estimate of drug-likeness (QED) is 0.740. The molecule has 2 rings (SSSR count). The molecule has 2 N–H and O–H groups in total. The molecule has 0 bridgehead atoms. The van der Waals surface area contributed by atoms with Gasteiger partial charge in [0.05, 0.1) is 19.3 Å². The van der Waals surface area contributed by atoms with Gasteiger partial charge in [0, 0.05) is 25.7 Å². The molecule has 0 aromatic rings. The Morgan fingerprint density at radius 3 is 2.89 bits per heavy atom. The van der Waals surface area contributed by atoms with Crippen molar-refractivity contribution in [2.45, 2.75) is 38.3 Å². The molecule has 0 saturated carbocycles. The van der Waals surface area contributed by atoms with Gasteiger partial charge in [-0.3, -0.25) is 9.69 Å². The minimum atomic E-state index is 0.0237. The molecule has 2 aliphatic heterocycles. The number of hydrogen-bond acceptors (Lipinski definition) is 4. The molecule has 0 aromatic carbocycles. The van der Waals surface area contributed by atoms with Crippen LogP contribution in [0.2, 0.25) is 0 Å². The third-order valence-corrected chi connectivity index (χ3v) is 3.87. The SMILES string of the molecule is CC(CNC(=O)C1CCCCN1)N1CCOCC1. The topological polar surface area (TPSA) is 53.6 Å². The summed E-state index contributed by atoms with van der Waals surface area (Å²) in [6.45, 7) is 7.43. The zero-order valence-electron chi connectivity index (χ0n) is 11.3. The Morgan fingerprint density at radius 1 is 1.44 bits per heavy atom. The average Bonchev–Trinajstić information content (AvgIpc) is 2.46. The Kier molecular flexibility index (Phi) is 5.41. The lowest BCUT2D eigenvalue weighted by Crippen LogP contribution is -2.51. The molecule has 2 fully saturated rings. The van der Waals surface area contributed by atoms with Crippen molar-refractivity contribution in [1.82, 2.24) is 15.5 Å². The molecule has 2 unspecified atom stereocenters. The molecule has 2 atom stereocenters. The van der Waals surface area contributed by atoms with Crippen LogP contribution in [0.3, 0.4) is 0 Å². The third kappa shape index (κ3) is 3.93. The van der Waals surface area contributed by atoms with Gasteiger partial charge in [-0.2, -0.15) is 0 Å². The summed E-state index contributed by atoms with van der Waals surface area (Å²) in [5, 5.41) is 6.34. The molecule has 0 spiro atoms. The largest absolute Gasteiger partial charge is 0.379 e. The van der Waals surface area contributed by atoms with Gasteiger partial charge in [0.15, 0.2) is 0 Å². The lowest BCUT2D eigenvalue weighted by molar-refractivity contribution is -0.124. The molecule has 2 aliphatic rings. The average molecular weight is 255 g/mol. The molecule has 2 saturated heterocycles. The zero-order chi connectivity index (χ0) is 12.8. The van der Waals surface area contributed by atoms with Crippen LogP contribution in [0, 0.1) is 0 Å². The van der Waals surface area contributed by atoms with Gasteiger partial charge in [-0.25, -0.2) is 0 Å². The van der Waals surface area contributed by atoms with Crippen LogP contribution in [0.4, 0.5) is 0 Å². The molecular formula is C13H25N3O2. The Labute approximate surface area is 109 Å². The second-order valence-electron chi connectivity index (χ2n) is 5.25. The number of carbonyl (C=O) groups excluding carboxylic acids is 1. The smallest absolute Gasteiger partial charge is 0.237 e. The molecule has 0 radical (unpaired) electrons. The number of nitrogens with one attached hydrogen (secondary N) is 2. The van der Waals surface area contributed by atoms with Gasteiger partial charge >= 0.3 is 0 Å². The number of morpholine rings is 1. The number of hydrogen-bond donors (Lipinski definition) is 2. The Morgan fingerprint density at radius 2 is 2.22 bits per heavy atom. The van der Waals surface area contributed by atoms with E-state index in [1.54, 1.807) is 0 Å². The monoisotopic (exact) mass is 255 g/mol. The van der Waals surface area contributed by atoms with Crippen LogP contribution < -0.4 is 10.6 Å². The van der Waals surface area contributed by atoms with E-state index in [0.717, 1.165) is 52.2 Å². The number of amides is 1. The van der Waals surface area contributed by atoms with Gasteiger partial charge in [-0.1, -0.05) is 6.42 Å². The fourth-order valence-electron chi connectivity index (χ4n) is 2.59. The molecule has 5 nitrogen and oxygen atoms in total. The van der Waals surface area contributed by atoms with E-state index in [9.17, 15) is 4.79 Å². The first kappa shape index (κ1) is 13.8. The van der Waals surface area contributed by atoms with Crippen molar-refractivity contribution >= 4 is 5.91 Å². The fraction of sp³-hybridized carbons (Fsp3) is 0.923. The number of ether oxygens (including phenoxy) is 1. The van der Waals surface area contributed by atoms with Crippen LogP contribution in [-0.2, 0) is 9.53 Å². The highest BCUT2D eigenvalue weighted by atomic mass is 16.5. The van der Waals surface area contributed by atoms with Gasteiger partial charge in [-0.05, 0) is 26.3 Å². The van der Waals surface area contributed by atoms with Crippen molar-refractivity contribution < 1.29 is 9.53 Å². The van der Waals surface area contributed by atoms with Crippen LogP contribution in [0.15, 0.2) is 0 Å². The molecular weight excluding hydrogens is 230 g/mol. The van der Waals surface area contributed by atoms with Crippen LogP contribution in [0.1, 0.15) is 26.2 Å². The molecule has 104 valence electrons. The van der Waals surface area contributed by atoms with Gasteiger partial charge in [0.1, 0.15) is 0 Å². The predicted molar refractivity (Wildman–Crippen MR) is 70.5 cm³/mol. The van der Waals surface area contributed by atoms with Crippen LogP contribution in [0.25, 0.3) is 0 Å². The highest BCUT2D eigenvalue weighted by Gasteiger charge is 2.22. The molecule has 0 aliphatic carbocycles. The minimum Gasteiger partial charge on any atom is -0.379 e. The first-order valence-corrected chi connectivity index (χ1v) is 7.10. The molecule has 18 heavy (non-hydrogen) atoms. The lowest BCUT2D eigenvalue weighted by Gasteiger charge is -2.32. The molecule has 5 heteroatoms. The van der Waals surface area contributed by atoms with E-state index >= 15 is 0 Å². The summed E-state index contributed by atoms with van der Waals surface area (Å²) < 4.78 is 5.33. The van der Waals surface area contributed by atoms with Gasteiger partial charge in [0.25, 0.3) is 0 Å². The van der Waals surface area contributed by atoms with Crippen LogP contribution in [0.5, 0.6) is 0 Å². The number of piperidine rings is 1. The van der Waals surface area contributed by atoms with Crippen molar-refractivity contribution in [1.29, 1.82) is 0 Å². The Hall–Kier alpha value is -0.650. The summed E-state index contributed by atoms with van der Waals surface area (Å²) in [7, 11) is 0. The second-order valence-corrected chi connectivity index (χ2v) is 5.25. The van der Waals surface area contributed by atoms with Crippen molar-refractivity contribution in [3.05, 3.63) is 0 Å². The van der Waals surface area contributed by atoms with E-state index in [0.29, 0.717) is 6.04 Å². The van der Waals surface area contributed by atoms with Crippen LogP contribution in [-0.4, -0.2) is 62.3 Å². The van der Waals surface area contributed by atoms with E-state index in [1.807, 2.05) is 0 Å². The summed E-state index contributed by atoms with van der Waals surface area (Å²) >= 11 is 0. The zero-order valence-corrected chi connectivity index (χ0v) is 11.3. The van der Waals surface area contributed by atoms with Crippen molar-refractivity contribution in [2.75, 3.05) is 39.4 Å². The van der Waals surface area contributed by atoms with Gasteiger partial charge in [0.2, 0.25) is 5.91 Å². The summed E-state index contributed by atoms with van der Waals surface area (Å²) in [5.74, 6) is 0.162. The fourth-order valence-corrected chi connectivity index (χ4v) is 2.59. The second kappa shape index (κ2) is 7.07. The highest BCUT2D eigenvalue weighted by Crippen LogP contribution is 2.07. The first-order valence-electron chi connectivity index (χ1n) is 7.10. The Bertz CT molecular complexity index is 261. The standard InChI is InChI=1S/C13H25N3O2/c1-11(16-6-8-18-9-7-16)10-15-13(17)12-4-2-3-5-14-12/h11-12,14H,2-10H2,1H3,(H,15,17). The summed E-state index contributed by atoms with van der Waals surface area (Å²) in [4.78, 5) is 14.3. The van der Waals surface area contributed by atoms with E-state index in [-0.39, 0.29) is 11.9 Å². The maximum absolute atomic E-state index is 12.0. The first-order chi connectivity index (χ1) is 8.77. The van der Waals surface area contributed by atoms with Crippen molar-refractivity contribution in [3.63, 3.8) is 0 Å². The van der Waals surface area contributed by atoms with E-state index < -0.39 is 0 Å². The summed E-state index contributed by atoms with van der Waals surface area (Å²) in [6, 6.07) is 0.414. The lowest BCUT2D eigenvalue weighted by atomic mass is 10.0. The van der Waals surface area contributed by atoms with Gasteiger partial charge in [-0.15, -0.1) is 0 Å². The predicted octanol–water partition coefficient (Wildman–Crippen LogP) is -0.0346. The van der Waals surface area contributed by atoms with Gasteiger partial charge < -0.3 is 15.4 Å². The normalized spacial score (nSPS) is 27.7. The third-order valence-electron chi connectivity index (χ3n) is 3.87. The number of nitrogens with zero attached hydrogens (tertiary/aromatic N) is 1. The van der Waals surface area contributed by atoms with E-state index in [4.69, 9.17) is 4.74 Å². The maximum Gasteiger partial charge on any atom is 0.237 e. The van der Waals surface area contributed by atoms with Crippen molar-refractivity contribution in [2.24, 2.45) is 0 Å². The highest BCUT2D eigenvalue weighted by molar-refractivity contribution is 5.81. The number of carbonyl (C=O) groups is 1. The summed E-state index contributed by atoms with van der Waals surface area (Å²) in [6.07, 6.45) is 3.32. The van der Waals surface area contributed by atoms with Crippen molar-refractivity contribution in [3.8, 4) is 0 Å². The van der Waals surface area contributed by atoms with Crippen LogP contribution >= 0.6 is 0 Å². The molecule has 0 aromatic heterocycles. The number of rotatable bonds is 4.